The Morgan fingerprint density at radius 1 is 1.29 bits per heavy atom. The molecule has 0 atom stereocenters. The summed E-state index contributed by atoms with van der Waals surface area (Å²) in [4.78, 5) is 0. The molecule has 1 fully saturated rings. The number of phenols is 2. The number of phenolic OH excluding ortho intramolecular Hbond substituents is 2. The predicted octanol–water partition coefficient (Wildman–Crippen LogP) is 2.09. The molecule has 0 spiro atoms. The third kappa shape index (κ3) is 2.52. The van der Waals surface area contributed by atoms with E-state index in [4.69, 9.17) is 0 Å². The van der Waals surface area contributed by atoms with Gasteiger partial charge in [0.25, 0.3) is 0 Å². The summed E-state index contributed by atoms with van der Waals surface area (Å²) in [5, 5.41) is 22.1. The van der Waals surface area contributed by atoms with Crippen LogP contribution in [0, 0.1) is 18.7 Å². The molecule has 0 radical (unpaired) electrons. The molecule has 0 bridgehead atoms. The van der Waals surface area contributed by atoms with Gasteiger partial charge in [0.05, 0.1) is 0 Å². The SMILES string of the molecule is Cc1cc(CC2CCNCC2)c(F)c(O)c1O. The van der Waals surface area contributed by atoms with Gasteiger partial charge in [-0.05, 0) is 62.4 Å². The Kier molecular flexibility index (Phi) is 3.52. The molecule has 0 amide bonds. The summed E-state index contributed by atoms with van der Waals surface area (Å²) in [6, 6.07) is 1.63. The van der Waals surface area contributed by atoms with Crippen molar-refractivity contribution in [2.75, 3.05) is 13.1 Å². The maximum atomic E-state index is 13.8. The minimum Gasteiger partial charge on any atom is -0.504 e. The van der Waals surface area contributed by atoms with Gasteiger partial charge in [-0.1, -0.05) is 0 Å². The summed E-state index contributed by atoms with van der Waals surface area (Å²) in [6.07, 6.45) is 2.68. The summed E-state index contributed by atoms with van der Waals surface area (Å²) in [7, 11) is 0. The van der Waals surface area contributed by atoms with Crippen molar-refractivity contribution < 1.29 is 14.6 Å². The van der Waals surface area contributed by atoms with E-state index in [9.17, 15) is 14.6 Å². The van der Waals surface area contributed by atoms with Crippen molar-refractivity contribution in [2.45, 2.75) is 26.2 Å². The Labute approximate surface area is 100 Å². The van der Waals surface area contributed by atoms with Crippen LogP contribution in [0.2, 0.25) is 0 Å². The van der Waals surface area contributed by atoms with Gasteiger partial charge >= 0.3 is 0 Å². The first kappa shape index (κ1) is 12.2. The van der Waals surface area contributed by atoms with Crippen LogP contribution in [0.25, 0.3) is 0 Å². The maximum absolute atomic E-state index is 13.8. The second kappa shape index (κ2) is 4.92. The molecule has 3 nitrogen and oxygen atoms in total. The number of aryl methyl sites for hydroxylation is 1. The van der Waals surface area contributed by atoms with Crippen LogP contribution >= 0.6 is 0 Å². The second-order valence-corrected chi connectivity index (χ2v) is 4.76. The van der Waals surface area contributed by atoms with E-state index >= 15 is 0 Å². The molecular formula is C13H18FNO2. The number of halogens is 1. The van der Waals surface area contributed by atoms with Gasteiger partial charge in [-0.15, -0.1) is 0 Å². The van der Waals surface area contributed by atoms with E-state index in [-0.39, 0.29) is 5.75 Å². The first-order valence-corrected chi connectivity index (χ1v) is 6.00. The topological polar surface area (TPSA) is 52.5 Å². The Morgan fingerprint density at radius 2 is 1.94 bits per heavy atom. The average Bonchev–Trinajstić information content (AvgIpc) is 2.35. The normalized spacial score (nSPS) is 17.3. The zero-order valence-electron chi connectivity index (χ0n) is 9.96. The van der Waals surface area contributed by atoms with Crippen LogP contribution in [0.4, 0.5) is 4.39 Å². The average molecular weight is 239 g/mol. The monoisotopic (exact) mass is 239 g/mol. The molecule has 0 saturated carbocycles. The summed E-state index contributed by atoms with van der Waals surface area (Å²) in [5.41, 5.74) is 1.03. The fourth-order valence-corrected chi connectivity index (χ4v) is 2.38. The zero-order chi connectivity index (χ0) is 12.4. The number of benzene rings is 1. The molecule has 94 valence electrons. The van der Waals surface area contributed by atoms with Crippen molar-refractivity contribution in [3.8, 4) is 11.5 Å². The molecule has 1 aliphatic heterocycles. The highest BCUT2D eigenvalue weighted by atomic mass is 19.1. The number of piperidine rings is 1. The summed E-state index contributed by atoms with van der Waals surface area (Å²) < 4.78 is 13.8. The Hall–Kier alpha value is -1.29. The predicted molar refractivity (Wildman–Crippen MR) is 63.8 cm³/mol. The zero-order valence-corrected chi connectivity index (χ0v) is 9.96. The van der Waals surface area contributed by atoms with Crippen molar-refractivity contribution in [1.29, 1.82) is 0 Å². The lowest BCUT2D eigenvalue weighted by molar-refractivity contribution is 0.354. The highest BCUT2D eigenvalue weighted by Gasteiger charge is 2.19. The Morgan fingerprint density at radius 3 is 2.59 bits per heavy atom. The molecule has 0 aromatic heterocycles. The summed E-state index contributed by atoms with van der Waals surface area (Å²) in [6.45, 7) is 3.60. The molecule has 1 saturated heterocycles. The molecule has 3 N–H and O–H groups in total. The smallest absolute Gasteiger partial charge is 0.194 e. The number of hydrogen-bond donors (Lipinski definition) is 3. The first-order chi connectivity index (χ1) is 8.09. The third-order valence-corrected chi connectivity index (χ3v) is 3.45. The van der Waals surface area contributed by atoms with Gasteiger partial charge < -0.3 is 15.5 Å². The van der Waals surface area contributed by atoms with Crippen LogP contribution in [-0.2, 0) is 6.42 Å². The van der Waals surface area contributed by atoms with Crippen LogP contribution in [0.3, 0.4) is 0 Å². The van der Waals surface area contributed by atoms with E-state index in [1.807, 2.05) is 0 Å². The third-order valence-electron chi connectivity index (χ3n) is 3.45. The molecule has 4 heteroatoms. The van der Waals surface area contributed by atoms with Crippen molar-refractivity contribution in [2.24, 2.45) is 5.92 Å². The molecule has 1 heterocycles. The quantitative estimate of drug-likeness (QED) is 0.693. The molecule has 2 rings (SSSR count). The van der Waals surface area contributed by atoms with E-state index in [1.165, 1.54) is 0 Å². The summed E-state index contributed by atoms with van der Waals surface area (Å²) in [5.74, 6) is -1.19. The van der Waals surface area contributed by atoms with Crippen LogP contribution < -0.4 is 5.32 Å². The van der Waals surface area contributed by atoms with E-state index in [0.29, 0.717) is 23.5 Å². The maximum Gasteiger partial charge on any atom is 0.194 e. The van der Waals surface area contributed by atoms with Gasteiger partial charge in [-0.2, -0.15) is 0 Å². The molecule has 1 aliphatic rings. The lowest BCUT2D eigenvalue weighted by Crippen LogP contribution is -2.28. The van der Waals surface area contributed by atoms with E-state index < -0.39 is 11.6 Å². The van der Waals surface area contributed by atoms with Crippen LogP contribution in [0.1, 0.15) is 24.0 Å². The number of nitrogens with one attached hydrogen (secondary N) is 1. The molecule has 1 aromatic rings. The highest BCUT2D eigenvalue weighted by molar-refractivity contribution is 5.48. The Balaban J connectivity index is 2.20. The van der Waals surface area contributed by atoms with E-state index in [1.54, 1.807) is 13.0 Å². The Bertz CT molecular complexity index is 414. The van der Waals surface area contributed by atoms with Crippen LogP contribution in [0.5, 0.6) is 11.5 Å². The lowest BCUT2D eigenvalue weighted by atomic mass is 9.90. The van der Waals surface area contributed by atoms with Gasteiger partial charge in [-0.3, -0.25) is 0 Å². The van der Waals surface area contributed by atoms with Gasteiger partial charge in [0.2, 0.25) is 0 Å². The standard InChI is InChI=1S/C13H18FNO2/c1-8-6-10(11(14)13(17)12(8)16)7-9-2-4-15-5-3-9/h6,9,15-17H,2-5,7H2,1H3. The largest absolute Gasteiger partial charge is 0.504 e. The molecule has 0 aliphatic carbocycles. The van der Waals surface area contributed by atoms with Gasteiger partial charge in [0, 0.05) is 0 Å². The number of rotatable bonds is 2. The fraction of sp³-hybridized carbons (Fsp3) is 0.538. The van der Waals surface area contributed by atoms with Crippen LogP contribution in [0.15, 0.2) is 6.07 Å². The van der Waals surface area contributed by atoms with Crippen molar-refractivity contribution in [3.05, 3.63) is 23.0 Å². The number of hydrogen-bond acceptors (Lipinski definition) is 3. The first-order valence-electron chi connectivity index (χ1n) is 6.00. The lowest BCUT2D eigenvalue weighted by Gasteiger charge is -2.23. The van der Waals surface area contributed by atoms with Crippen LogP contribution in [-0.4, -0.2) is 23.3 Å². The van der Waals surface area contributed by atoms with Crippen molar-refractivity contribution >= 4 is 0 Å². The van der Waals surface area contributed by atoms with Gasteiger partial charge in [0.15, 0.2) is 17.3 Å². The molecule has 0 unspecified atom stereocenters. The van der Waals surface area contributed by atoms with Gasteiger partial charge in [-0.25, -0.2) is 4.39 Å². The summed E-state index contributed by atoms with van der Waals surface area (Å²) >= 11 is 0. The van der Waals surface area contributed by atoms with Crippen molar-refractivity contribution in [1.82, 2.24) is 5.32 Å². The van der Waals surface area contributed by atoms with Gasteiger partial charge in [0.1, 0.15) is 0 Å². The minimum atomic E-state index is -0.674. The number of aromatic hydroxyl groups is 2. The molecular weight excluding hydrogens is 221 g/mol. The molecule has 1 aromatic carbocycles. The minimum absolute atomic E-state index is 0.350. The molecule has 17 heavy (non-hydrogen) atoms. The van der Waals surface area contributed by atoms with Crippen molar-refractivity contribution in [3.63, 3.8) is 0 Å². The highest BCUT2D eigenvalue weighted by Crippen LogP contribution is 2.35. The van der Waals surface area contributed by atoms with E-state index in [2.05, 4.69) is 5.32 Å². The van der Waals surface area contributed by atoms with E-state index in [0.717, 1.165) is 25.9 Å². The second-order valence-electron chi connectivity index (χ2n) is 4.76. The fourth-order valence-electron chi connectivity index (χ4n) is 2.38.